The molecule has 0 N–H and O–H groups in total. The van der Waals surface area contributed by atoms with Gasteiger partial charge >= 0.3 is 0 Å². The molecule has 22 heavy (non-hydrogen) atoms. The molecule has 0 heterocycles. The van der Waals surface area contributed by atoms with Crippen molar-refractivity contribution < 1.29 is 0 Å². The third-order valence-corrected chi connectivity index (χ3v) is 5.04. The average Bonchev–Trinajstić information content (AvgIpc) is 2.48. The molecule has 0 aliphatic rings. The summed E-state index contributed by atoms with van der Waals surface area (Å²) in [6.45, 7) is 6.91. The van der Waals surface area contributed by atoms with Gasteiger partial charge in [0.25, 0.3) is 0 Å². The Labute approximate surface area is 152 Å². The minimum atomic E-state index is 0.243. The van der Waals surface area contributed by atoms with Gasteiger partial charge in [0.15, 0.2) is 0 Å². The van der Waals surface area contributed by atoms with Gasteiger partial charge in [0.05, 0.1) is 0 Å². The Morgan fingerprint density at radius 2 is 1.27 bits per heavy atom. The number of rotatable bonds is 12. The summed E-state index contributed by atoms with van der Waals surface area (Å²) in [7, 11) is 0. The van der Waals surface area contributed by atoms with Crippen LogP contribution in [-0.2, 0) is 9.84 Å². The van der Waals surface area contributed by atoms with Gasteiger partial charge in [0.2, 0.25) is 0 Å². The number of benzene rings is 1. The molecule has 0 aromatic heterocycles. The first kappa shape index (κ1) is 20.0. The van der Waals surface area contributed by atoms with Crippen LogP contribution in [0.5, 0.6) is 0 Å². The lowest BCUT2D eigenvalue weighted by Crippen LogP contribution is -2.10. The molecule has 0 atom stereocenters. The van der Waals surface area contributed by atoms with Gasteiger partial charge in [-0.05, 0) is 37.8 Å². The van der Waals surface area contributed by atoms with Gasteiger partial charge in [-0.2, -0.15) is 0 Å². The van der Waals surface area contributed by atoms with E-state index in [1.54, 1.807) is 5.56 Å². The maximum Gasteiger partial charge on any atom is 0.0416 e. The second-order valence-corrected chi connectivity index (χ2v) is 9.76. The summed E-state index contributed by atoms with van der Waals surface area (Å²) in [5, 5.41) is 0. The molecule has 1 heteroatoms. The van der Waals surface area contributed by atoms with Crippen LogP contribution >= 0.6 is 22.6 Å². The summed E-state index contributed by atoms with van der Waals surface area (Å²) in [6, 6.07) is 9.00. The zero-order valence-electron chi connectivity index (χ0n) is 15.0. The lowest BCUT2D eigenvalue weighted by molar-refractivity contribution is 0.556. The Morgan fingerprint density at radius 1 is 0.773 bits per heavy atom. The molecule has 1 rings (SSSR count). The van der Waals surface area contributed by atoms with Crippen molar-refractivity contribution in [2.75, 3.05) is 0 Å². The van der Waals surface area contributed by atoms with Crippen molar-refractivity contribution >= 4 is 22.6 Å². The maximum atomic E-state index is 2.56. The van der Waals surface area contributed by atoms with Crippen LogP contribution in [0, 0.1) is 0 Å². The summed E-state index contributed by atoms with van der Waals surface area (Å²) in [5.41, 5.74) is 3.08. The smallest absolute Gasteiger partial charge is 0.0416 e. The van der Waals surface area contributed by atoms with E-state index >= 15 is 0 Å². The molecule has 0 fully saturated rings. The van der Waals surface area contributed by atoms with E-state index in [0.717, 1.165) is 0 Å². The standard InChI is InChI=1S/C21H35I/c1-4-5-6-7-8-9-10-11-12-13-16-19-17-14-15-18-20(19)21(2,3)22/h14-15,17-18H,4-13,16H2,1-3H3. The van der Waals surface area contributed by atoms with Gasteiger partial charge in [0, 0.05) is 3.42 Å². The Hall–Kier alpha value is -0.0500. The molecule has 0 saturated carbocycles. The highest BCUT2D eigenvalue weighted by molar-refractivity contribution is 14.1. The molecule has 0 saturated heterocycles. The summed E-state index contributed by atoms with van der Waals surface area (Å²) >= 11 is 2.56. The van der Waals surface area contributed by atoms with Crippen molar-refractivity contribution in [3.05, 3.63) is 35.4 Å². The highest BCUT2D eigenvalue weighted by Crippen LogP contribution is 2.33. The van der Waals surface area contributed by atoms with Crippen molar-refractivity contribution in [3.63, 3.8) is 0 Å². The molecule has 1 aromatic carbocycles. The third-order valence-electron chi connectivity index (χ3n) is 4.46. The molecular weight excluding hydrogens is 379 g/mol. The second kappa shape index (κ2) is 11.5. The lowest BCUT2D eigenvalue weighted by atomic mass is 9.93. The summed E-state index contributed by atoms with van der Waals surface area (Å²) in [4.78, 5) is 0. The molecule has 126 valence electrons. The predicted molar refractivity (Wildman–Crippen MR) is 109 cm³/mol. The minimum Gasteiger partial charge on any atom is -0.0743 e. The van der Waals surface area contributed by atoms with E-state index in [4.69, 9.17) is 0 Å². The number of alkyl halides is 1. The number of aryl methyl sites for hydroxylation is 1. The normalized spacial score (nSPS) is 11.8. The van der Waals surface area contributed by atoms with Crippen molar-refractivity contribution in [3.8, 4) is 0 Å². The van der Waals surface area contributed by atoms with Crippen LogP contribution in [0.4, 0.5) is 0 Å². The SMILES string of the molecule is CCCCCCCCCCCCc1ccccc1C(C)(C)I. The van der Waals surface area contributed by atoms with Gasteiger partial charge in [-0.1, -0.05) is 112 Å². The number of unbranched alkanes of at least 4 members (excludes halogenated alkanes) is 9. The van der Waals surface area contributed by atoms with Crippen LogP contribution in [-0.4, -0.2) is 0 Å². The van der Waals surface area contributed by atoms with Gasteiger partial charge in [-0.15, -0.1) is 0 Å². The number of hydrogen-bond acceptors (Lipinski definition) is 0. The van der Waals surface area contributed by atoms with Crippen molar-refractivity contribution in [2.45, 2.75) is 94.8 Å². The fourth-order valence-electron chi connectivity index (χ4n) is 3.12. The average molecular weight is 414 g/mol. The Morgan fingerprint density at radius 3 is 1.82 bits per heavy atom. The Balaban J connectivity index is 2.13. The minimum absolute atomic E-state index is 0.243. The molecule has 0 unspecified atom stereocenters. The van der Waals surface area contributed by atoms with Gasteiger partial charge in [-0.3, -0.25) is 0 Å². The van der Waals surface area contributed by atoms with Crippen LogP contribution < -0.4 is 0 Å². The van der Waals surface area contributed by atoms with E-state index in [1.807, 2.05) is 0 Å². The molecule has 0 bridgehead atoms. The molecule has 0 amide bonds. The molecule has 0 aliphatic heterocycles. The van der Waals surface area contributed by atoms with E-state index in [2.05, 4.69) is 67.6 Å². The first-order valence-corrected chi connectivity index (χ1v) is 10.4. The quantitative estimate of drug-likeness (QED) is 0.186. The van der Waals surface area contributed by atoms with Crippen LogP contribution in [0.2, 0.25) is 0 Å². The largest absolute Gasteiger partial charge is 0.0743 e. The molecular formula is C21H35I. The fourth-order valence-corrected chi connectivity index (χ4v) is 3.65. The highest BCUT2D eigenvalue weighted by atomic mass is 127. The van der Waals surface area contributed by atoms with Crippen molar-refractivity contribution in [1.82, 2.24) is 0 Å². The Kier molecular flexibility index (Phi) is 10.4. The topological polar surface area (TPSA) is 0 Å². The predicted octanol–water partition coefficient (Wildman–Crippen LogP) is 7.82. The molecule has 0 aliphatic carbocycles. The van der Waals surface area contributed by atoms with Crippen LogP contribution in [0.1, 0.15) is 96.1 Å². The molecule has 0 radical (unpaired) electrons. The zero-order valence-corrected chi connectivity index (χ0v) is 17.1. The van der Waals surface area contributed by atoms with E-state index < -0.39 is 0 Å². The fraction of sp³-hybridized carbons (Fsp3) is 0.714. The maximum absolute atomic E-state index is 2.56. The van der Waals surface area contributed by atoms with Gasteiger partial charge in [-0.25, -0.2) is 0 Å². The number of halogens is 1. The van der Waals surface area contributed by atoms with E-state index in [0.29, 0.717) is 0 Å². The van der Waals surface area contributed by atoms with Crippen LogP contribution in [0.25, 0.3) is 0 Å². The van der Waals surface area contributed by atoms with Crippen molar-refractivity contribution in [1.29, 1.82) is 0 Å². The lowest BCUT2D eigenvalue weighted by Gasteiger charge is -2.21. The van der Waals surface area contributed by atoms with E-state index in [1.165, 1.54) is 76.2 Å². The number of hydrogen-bond donors (Lipinski definition) is 0. The van der Waals surface area contributed by atoms with Crippen LogP contribution in [0.15, 0.2) is 24.3 Å². The van der Waals surface area contributed by atoms with Crippen molar-refractivity contribution in [2.24, 2.45) is 0 Å². The van der Waals surface area contributed by atoms with E-state index in [-0.39, 0.29) is 3.42 Å². The first-order valence-electron chi connectivity index (χ1n) is 9.33. The monoisotopic (exact) mass is 414 g/mol. The van der Waals surface area contributed by atoms with Crippen LogP contribution in [0.3, 0.4) is 0 Å². The summed E-state index contributed by atoms with van der Waals surface area (Å²) in [5.74, 6) is 0. The van der Waals surface area contributed by atoms with Gasteiger partial charge < -0.3 is 0 Å². The highest BCUT2D eigenvalue weighted by Gasteiger charge is 2.18. The van der Waals surface area contributed by atoms with E-state index in [9.17, 15) is 0 Å². The summed E-state index contributed by atoms with van der Waals surface area (Å²) in [6.07, 6.45) is 15.4. The Bertz CT molecular complexity index is 389. The van der Waals surface area contributed by atoms with Gasteiger partial charge in [0.1, 0.15) is 0 Å². The molecule has 0 spiro atoms. The molecule has 1 aromatic rings. The summed E-state index contributed by atoms with van der Waals surface area (Å²) < 4.78 is 0.243. The second-order valence-electron chi connectivity index (χ2n) is 7.06. The zero-order chi connectivity index (χ0) is 16.3. The molecule has 0 nitrogen and oxygen atoms in total. The third kappa shape index (κ3) is 8.55. The first-order chi connectivity index (χ1) is 10.6.